The maximum Gasteiger partial charge on any atom is -0.0108 e. The van der Waals surface area contributed by atoms with Crippen LogP contribution in [0.3, 0.4) is 0 Å². The van der Waals surface area contributed by atoms with Gasteiger partial charge in [-0.2, -0.15) is 0 Å². The van der Waals surface area contributed by atoms with Gasteiger partial charge in [-0.25, -0.2) is 0 Å². The summed E-state index contributed by atoms with van der Waals surface area (Å²) in [6.07, 6.45) is 5.15. The van der Waals surface area contributed by atoms with Crippen LogP contribution in [0.4, 0.5) is 0 Å². The minimum Gasteiger partial charge on any atom is -0.0988 e. The van der Waals surface area contributed by atoms with Gasteiger partial charge in [0, 0.05) is 0 Å². The van der Waals surface area contributed by atoms with E-state index in [-0.39, 0.29) is 0 Å². The lowest BCUT2D eigenvalue weighted by Crippen LogP contribution is -1.83. The summed E-state index contributed by atoms with van der Waals surface area (Å²) in [7, 11) is 0. The summed E-state index contributed by atoms with van der Waals surface area (Å²) in [6.45, 7) is 12.2. The molecule has 0 aliphatic carbocycles. The molecule has 0 saturated carbocycles. The molecule has 0 bridgehead atoms. The second-order valence-electron chi connectivity index (χ2n) is 2.98. The summed E-state index contributed by atoms with van der Waals surface area (Å²) < 4.78 is 0. The van der Waals surface area contributed by atoms with Crippen LogP contribution in [0.5, 0.6) is 0 Å². The topological polar surface area (TPSA) is 0 Å². The molecule has 0 aliphatic rings. The highest BCUT2D eigenvalue weighted by molar-refractivity contribution is 5.24. The fraction of sp³-hybridized carbons (Fsp3) is 0.455. The molecule has 0 heterocycles. The first-order valence-corrected chi connectivity index (χ1v) is 4.02. The standard InChI is InChI=1S/C11H18/c1-6-9(3)8-11(5)10(4)7-2/h6-7H,2,8H2,1,3-5H3. The van der Waals surface area contributed by atoms with Crippen LogP contribution < -0.4 is 0 Å². The van der Waals surface area contributed by atoms with Gasteiger partial charge in [0.2, 0.25) is 0 Å². The third-order valence-electron chi connectivity index (χ3n) is 2.02. The number of hydrogen-bond acceptors (Lipinski definition) is 0. The van der Waals surface area contributed by atoms with E-state index in [1.165, 1.54) is 16.7 Å². The minimum atomic E-state index is 1.08. The van der Waals surface area contributed by atoms with E-state index in [1.807, 2.05) is 6.08 Å². The van der Waals surface area contributed by atoms with Crippen molar-refractivity contribution in [3.05, 3.63) is 35.5 Å². The van der Waals surface area contributed by atoms with E-state index in [0.717, 1.165) is 6.42 Å². The van der Waals surface area contributed by atoms with Crippen molar-refractivity contribution in [2.24, 2.45) is 0 Å². The number of rotatable bonds is 3. The van der Waals surface area contributed by atoms with E-state index in [4.69, 9.17) is 0 Å². The normalized spacial score (nSPS) is 14.4. The zero-order chi connectivity index (χ0) is 8.85. The Kier molecular flexibility index (Phi) is 4.60. The van der Waals surface area contributed by atoms with Crippen molar-refractivity contribution in [1.29, 1.82) is 0 Å². The second-order valence-corrected chi connectivity index (χ2v) is 2.98. The van der Waals surface area contributed by atoms with E-state index < -0.39 is 0 Å². The van der Waals surface area contributed by atoms with E-state index in [2.05, 4.69) is 40.3 Å². The van der Waals surface area contributed by atoms with Gasteiger partial charge in [0.05, 0.1) is 0 Å². The molecule has 0 nitrogen and oxygen atoms in total. The van der Waals surface area contributed by atoms with Gasteiger partial charge in [-0.1, -0.05) is 35.5 Å². The molecule has 0 aliphatic heterocycles. The Morgan fingerprint density at radius 2 is 1.82 bits per heavy atom. The lowest BCUT2D eigenvalue weighted by atomic mass is 10.0. The Morgan fingerprint density at radius 1 is 1.27 bits per heavy atom. The van der Waals surface area contributed by atoms with Crippen molar-refractivity contribution >= 4 is 0 Å². The molecule has 0 fully saturated rings. The van der Waals surface area contributed by atoms with Crippen molar-refractivity contribution < 1.29 is 0 Å². The Labute approximate surface area is 70.3 Å². The van der Waals surface area contributed by atoms with Crippen LogP contribution in [0.2, 0.25) is 0 Å². The molecule has 0 saturated heterocycles. The third kappa shape index (κ3) is 3.82. The molecule has 0 heteroatoms. The molecule has 0 aromatic rings. The van der Waals surface area contributed by atoms with E-state index in [9.17, 15) is 0 Å². The number of hydrogen-bond donors (Lipinski definition) is 0. The van der Waals surface area contributed by atoms with Crippen LogP contribution in [-0.2, 0) is 0 Å². The van der Waals surface area contributed by atoms with Crippen LogP contribution >= 0.6 is 0 Å². The fourth-order valence-electron chi connectivity index (χ4n) is 0.834. The van der Waals surface area contributed by atoms with Gasteiger partial charge in [-0.05, 0) is 34.1 Å². The Balaban J connectivity index is 4.28. The minimum absolute atomic E-state index is 1.08. The van der Waals surface area contributed by atoms with Crippen LogP contribution in [0.1, 0.15) is 34.1 Å². The zero-order valence-electron chi connectivity index (χ0n) is 8.07. The Hall–Kier alpha value is -0.780. The van der Waals surface area contributed by atoms with Gasteiger partial charge in [-0.3, -0.25) is 0 Å². The molecule has 0 amide bonds. The quantitative estimate of drug-likeness (QED) is 0.423. The summed E-state index contributed by atoms with van der Waals surface area (Å²) in [6, 6.07) is 0. The maximum atomic E-state index is 3.74. The smallest absolute Gasteiger partial charge is 0.0108 e. The van der Waals surface area contributed by atoms with E-state index in [0.29, 0.717) is 0 Å². The Morgan fingerprint density at radius 3 is 2.18 bits per heavy atom. The molecular weight excluding hydrogens is 132 g/mol. The highest BCUT2D eigenvalue weighted by Gasteiger charge is 1.93. The fourth-order valence-corrected chi connectivity index (χ4v) is 0.834. The van der Waals surface area contributed by atoms with Crippen molar-refractivity contribution in [3.63, 3.8) is 0 Å². The van der Waals surface area contributed by atoms with E-state index in [1.54, 1.807) is 0 Å². The van der Waals surface area contributed by atoms with Crippen LogP contribution in [0.15, 0.2) is 35.5 Å². The van der Waals surface area contributed by atoms with Gasteiger partial charge in [0.25, 0.3) is 0 Å². The van der Waals surface area contributed by atoms with Crippen LogP contribution in [0, 0.1) is 0 Å². The molecule has 0 rings (SSSR count). The van der Waals surface area contributed by atoms with Gasteiger partial charge in [0.1, 0.15) is 0 Å². The molecule has 0 radical (unpaired) electrons. The summed E-state index contributed by atoms with van der Waals surface area (Å²) in [5.41, 5.74) is 4.13. The summed E-state index contributed by atoms with van der Waals surface area (Å²) >= 11 is 0. The molecule has 0 spiro atoms. The molecule has 0 unspecified atom stereocenters. The van der Waals surface area contributed by atoms with Gasteiger partial charge in [0.15, 0.2) is 0 Å². The van der Waals surface area contributed by atoms with E-state index >= 15 is 0 Å². The summed E-state index contributed by atoms with van der Waals surface area (Å²) in [5.74, 6) is 0. The lowest BCUT2D eigenvalue weighted by Gasteiger charge is -2.03. The predicted molar refractivity (Wildman–Crippen MR) is 52.6 cm³/mol. The Bertz CT molecular complexity index is 192. The average Bonchev–Trinajstić information content (AvgIpc) is 2.02. The molecule has 0 aromatic heterocycles. The largest absolute Gasteiger partial charge is 0.0988 e. The summed E-state index contributed by atoms with van der Waals surface area (Å²) in [5, 5.41) is 0. The SMILES string of the molecule is C=CC(C)=C(C)CC(C)=CC. The summed E-state index contributed by atoms with van der Waals surface area (Å²) in [4.78, 5) is 0. The molecule has 11 heavy (non-hydrogen) atoms. The van der Waals surface area contributed by atoms with Crippen LogP contribution in [0.25, 0.3) is 0 Å². The van der Waals surface area contributed by atoms with Crippen molar-refractivity contribution in [3.8, 4) is 0 Å². The number of allylic oxidation sites excluding steroid dienone is 5. The van der Waals surface area contributed by atoms with Gasteiger partial charge in [-0.15, -0.1) is 0 Å². The van der Waals surface area contributed by atoms with Crippen molar-refractivity contribution in [1.82, 2.24) is 0 Å². The monoisotopic (exact) mass is 150 g/mol. The zero-order valence-corrected chi connectivity index (χ0v) is 8.07. The molecule has 62 valence electrons. The predicted octanol–water partition coefficient (Wildman–Crippen LogP) is 3.87. The average molecular weight is 150 g/mol. The first-order valence-electron chi connectivity index (χ1n) is 4.02. The van der Waals surface area contributed by atoms with Gasteiger partial charge < -0.3 is 0 Å². The lowest BCUT2D eigenvalue weighted by molar-refractivity contribution is 1.08. The van der Waals surface area contributed by atoms with Crippen molar-refractivity contribution in [2.75, 3.05) is 0 Å². The van der Waals surface area contributed by atoms with Crippen molar-refractivity contribution in [2.45, 2.75) is 34.1 Å². The molecule has 0 N–H and O–H groups in total. The van der Waals surface area contributed by atoms with Crippen LogP contribution in [-0.4, -0.2) is 0 Å². The third-order valence-corrected chi connectivity index (χ3v) is 2.02. The maximum absolute atomic E-state index is 3.74. The first kappa shape index (κ1) is 10.2. The van der Waals surface area contributed by atoms with Gasteiger partial charge >= 0.3 is 0 Å². The molecule has 0 aromatic carbocycles. The highest BCUT2D eigenvalue weighted by atomic mass is 14.0. The molecular formula is C11H18. The second kappa shape index (κ2) is 4.95. The first-order chi connectivity index (χ1) is 5.11. The highest BCUT2D eigenvalue weighted by Crippen LogP contribution is 2.14. The molecule has 0 atom stereocenters.